The molecule has 0 fully saturated rings. The van der Waals surface area contributed by atoms with Gasteiger partial charge in [0.15, 0.2) is 0 Å². The molecule has 2 rings (SSSR count). The van der Waals surface area contributed by atoms with E-state index in [0.717, 1.165) is 5.56 Å². The summed E-state index contributed by atoms with van der Waals surface area (Å²) in [7, 11) is -3.16. The van der Waals surface area contributed by atoms with E-state index in [0.29, 0.717) is 16.5 Å². The lowest BCUT2D eigenvalue weighted by molar-refractivity contribution is 0.493. The molecule has 0 aliphatic rings. The summed E-state index contributed by atoms with van der Waals surface area (Å²) in [6, 6.07) is 10.8. The van der Waals surface area contributed by atoms with Gasteiger partial charge in [0.05, 0.1) is 5.02 Å². The second-order valence-electron chi connectivity index (χ2n) is 4.49. The van der Waals surface area contributed by atoms with Crippen molar-refractivity contribution in [2.75, 3.05) is 11.8 Å². The number of hydrogen-bond acceptors (Lipinski definition) is 2. The molecule has 0 aliphatic carbocycles. The summed E-state index contributed by atoms with van der Waals surface area (Å²) in [6.45, 7) is 3.33. The van der Waals surface area contributed by atoms with E-state index in [1.165, 1.54) is 30.9 Å². The molecule has 0 aromatic heterocycles. The van der Waals surface area contributed by atoms with Gasteiger partial charge >= 0.3 is 7.52 Å². The molecule has 3 nitrogen and oxygen atoms in total. The van der Waals surface area contributed by atoms with Gasteiger partial charge in [-0.3, -0.25) is 4.57 Å². The third kappa shape index (κ3) is 3.99. The van der Waals surface area contributed by atoms with Crippen LogP contribution in [-0.4, -0.2) is 6.66 Å². The normalized spacial score (nSPS) is 13.6. The molecule has 0 saturated heterocycles. The van der Waals surface area contributed by atoms with Crippen LogP contribution in [0.3, 0.4) is 0 Å². The van der Waals surface area contributed by atoms with Crippen molar-refractivity contribution in [2.24, 2.45) is 0 Å². The molecule has 2 aromatic rings. The Bertz CT molecular complexity index is 661. The van der Waals surface area contributed by atoms with Crippen LogP contribution in [0.25, 0.3) is 0 Å². The zero-order valence-electron chi connectivity index (χ0n) is 11.1. The van der Waals surface area contributed by atoms with Crippen molar-refractivity contribution in [1.82, 2.24) is 0 Å². The van der Waals surface area contributed by atoms with Gasteiger partial charge in [-0.25, -0.2) is 4.39 Å². The molecule has 0 aliphatic heterocycles. The van der Waals surface area contributed by atoms with Crippen molar-refractivity contribution in [3.63, 3.8) is 0 Å². The Balaban J connectivity index is 2.16. The maximum Gasteiger partial charge on any atom is 0.338 e. The molecule has 0 bridgehead atoms. The van der Waals surface area contributed by atoms with Crippen LogP contribution in [0.4, 0.5) is 10.1 Å². The van der Waals surface area contributed by atoms with Crippen LogP contribution in [-0.2, 0) is 4.57 Å². The largest absolute Gasteiger partial charge is 0.427 e. The van der Waals surface area contributed by atoms with Gasteiger partial charge in [0.1, 0.15) is 11.6 Å². The first-order valence-corrected chi connectivity index (χ1v) is 8.38. The van der Waals surface area contributed by atoms with Gasteiger partial charge in [-0.1, -0.05) is 17.7 Å². The first-order chi connectivity index (χ1) is 9.35. The number of anilines is 1. The Morgan fingerprint density at radius 1 is 1.20 bits per heavy atom. The molecule has 0 radical (unpaired) electrons. The number of aryl methyl sites for hydroxylation is 1. The SMILES string of the molecule is Cc1ccc(Cl)c(O[P@](C)(=O)Nc2ccc(F)cc2)c1. The Morgan fingerprint density at radius 3 is 2.50 bits per heavy atom. The van der Waals surface area contributed by atoms with E-state index < -0.39 is 7.52 Å². The molecule has 0 saturated carbocycles. The van der Waals surface area contributed by atoms with Crippen LogP contribution >= 0.6 is 19.1 Å². The van der Waals surface area contributed by atoms with Gasteiger partial charge in [-0.2, -0.15) is 0 Å². The minimum Gasteiger partial charge on any atom is -0.427 e. The van der Waals surface area contributed by atoms with E-state index >= 15 is 0 Å². The van der Waals surface area contributed by atoms with E-state index in [4.69, 9.17) is 16.1 Å². The molecule has 0 unspecified atom stereocenters. The van der Waals surface area contributed by atoms with Gasteiger partial charge in [0.25, 0.3) is 0 Å². The van der Waals surface area contributed by atoms with Gasteiger partial charge in [0.2, 0.25) is 0 Å². The van der Waals surface area contributed by atoms with E-state index in [9.17, 15) is 8.96 Å². The highest BCUT2D eigenvalue weighted by molar-refractivity contribution is 7.60. The van der Waals surface area contributed by atoms with Crippen LogP contribution in [0.1, 0.15) is 5.56 Å². The van der Waals surface area contributed by atoms with Crippen molar-refractivity contribution in [3.8, 4) is 5.75 Å². The fraction of sp³-hybridized carbons (Fsp3) is 0.143. The molecule has 6 heteroatoms. The average Bonchev–Trinajstić information content (AvgIpc) is 2.36. The van der Waals surface area contributed by atoms with Crippen molar-refractivity contribution in [2.45, 2.75) is 6.92 Å². The Kier molecular flexibility index (Phi) is 4.36. The molecule has 0 spiro atoms. The fourth-order valence-corrected chi connectivity index (χ4v) is 3.05. The summed E-state index contributed by atoms with van der Waals surface area (Å²) in [4.78, 5) is 0. The minimum absolute atomic E-state index is 0.354. The predicted octanol–water partition coefficient (Wildman–Crippen LogP) is 5.10. The highest BCUT2D eigenvalue weighted by Gasteiger charge is 2.19. The Morgan fingerprint density at radius 2 is 1.85 bits per heavy atom. The first-order valence-electron chi connectivity index (χ1n) is 5.93. The molecule has 20 heavy (non-hydrogen) atoms. The van der Waals surface area contributed by atoms with Gasteiger partial charge in [0, 0.05) is 12.4 Å². The molecule has 1 atom stereocenters. The standard InChI is InChI=1S/C14H14ClFNO2P/c1-10-3-8-13(15)14(9-10)19-20(2,18)17-12-6-4-11(16)5-7-12/h3-9H,1-2H3,(H,17,18)/t20-/m0/s1. The quantitative estimate of drug-likeness (QED) is 0.798. The third-order valence-electron chi connectivity index (χ3n) is 2.54. The van der Waals surface area contributed by atoms with Crippen molar-refractivity contribution >= 4 is 24.8 Å². The van der Waals surface area contributed by atoms with Crippen molar-refractivity contribution < 1.29 is 13.5 Å². The molecule has 1 N–H and O–H groups in total. The van der Waals surface area contributed by atoms with Crippen molar-refractivity contribution in [1.29, 1.82) is 0 Å². The fourth-order valence-electron chi connectivity index (χ4n) is 1.65. The topological polar surface area (TPSA) is 38.3 Å². The summed E-state index contributed by atoms with van der Waals surface area (Å²) in [5, 5.41) is 3.14. The molecule has 0 amide bonds. The van der Waals surface area contributed by atoms with Crippen LogP contribution in [0.2, 0.25) is 5.02 Å². The van der Waals surface area contributed by atoms with E-state index in [-0.39, 0.29) is 5.82 Å². The lowest BCUT2D eigenvalue weighted by atomic mass is 10.2. The highest BCUT2D eigenvalue weighted by atomic mass is 35.5. The summed E-state index contributed by atoms with van der Waals surface area (Å²) >= 11 is 6.00. The smallest absolute Gasteiger partial charge is 0.338 e. The maximum atomic E-state index is 12.8. The molecular weight excluding hydrogens is 300 g/mol. The van der Waals surface area contributed by atoms with Gasteiger partial charge < -0.3 is 9.61 Å². The number of benzene rings is 2. The second-order valence-corrected chi connectivity index (χ2v) is 6.99. The summed E-state index contributed by atoms with van der Waals surface area (Å²) in [5.41, 5.74) is 1.46. The lowest BCUT2D eigenvalue weighted by Crippen LogP contribution is -2.02. The number of hydrogen-bond donors (Lipinski definition) is 1. The van der Waals surface area contributed by atoms with E-state index in [1.54, 1.807) is 12.1 Å². The number of rotatable bonds is 4. The van der Waals surface area contributed by atoms with E-state index in [2.05, 4.69) is 5.09 Å². The molecule has 2 aromatic carbocycles. The van der Waals surface area contributed by atoms with Gasteiger partial charge in [-0.05, 0) is 48.9 Å². The summed E-state index contributed by atoms with van der Waals surface area (Å²) < 4.78 is 30.7. The van der Waals surface area contributed by atoms with Crippen molar-refractivity contribution in [3.05, 3.63) is 58.9 Å². The predicted molar refractivity (Wildman–Crippen MR) is 80.4 cm³/mol. The highest BCUT2D eigenvalue weighted by Crippen LogP contribution is 2.45. The number of nitrogens with one attached hydrogen (secondary N) is 1. The van der Waals surface area contributed by atoms with Crippen LogP contribution in [0.5, 0.6) is 5.75 Å². The Labute approximate surface area is 122 Å². The zero-order valence-corrected chi connectivity index (χ0v) is 12.7. The molecular formula is C14H14ClFNO2P. The minimum atomic E-state index is -3.16. The third-order valence-corrected chi connectivity index (χ3v) is 4.06. The summed E-state index contributed by atoms with van der Waals surface area (Å²) in [6.07, 6.45) is 0. The Hall–Kier alpha value is -1.51. The first kappa shape index (κ1) is 14.9. The molecule has 0 heterocycles. The zero-order chi connectivity index (χ0) is 14.8. The lowest BCUT2D eigenvalue weighted by Gasteiger charge is -2.18. The maximum absolute atomic E-state index is 12.8. The molecule has 106 valence electrons. The monoisotopic (exact) mass is 313 g/mol. The number of halogens is 2. The summed E-state index contributed by atoms with van der Waals surface area (Å²) in [5.74, 6) is -0.00348. The van der Waals surface area contributed by atoms with E-state index in [1.807, 2.05) is 13.0 Å². The van der Waals surface area contributed by atoms with Crippen LogP contribution in [0.15, 0.2) is 42.5 Å². The van der Waals surface area contributed by atoms with Crippen LogP contribution in [0, 0.1) is 12.7 Å². The second kappa shape index (κ2) is 5.86. The van der Waals surface area contributed by atoms with Crippen LogP contribution < -0.4 is 9.61 Å². The van der Waals surface area contributed by atoms with Gasteiger partial charge in [-0.15, -0.1) is 0 Å². The average molecular weight is 314 g/mol.